The average Bonchev–Trinajstić information content (AvgIpc) is 2.39. The van der Waals surface area contributed by atoms with Crippen molar-refractivity contribution in [3.05, 3.63) is 53.6 Å². The summed E-state index contributed by atoms with van der Waals surface area (Å²) in [6.07, 6.45) is -4.74. The van der Waals surface area contributed by atoms with Gasteiger partial charge >= 0.3 is 6.36 Å². The first-order valence-electron chi connectivity index (χ1n) is 6.01. The highest BCUT2D eigenvalue weighted by molar-refractivity contribution is 5.67. The molecule has 0 bridgehead atoms. The Hall–Kier alpha value is -2.68. The molecule has 0 saturated heterocycles. The topological polar surface area (TPSA) is 45.0 Å². The Labute approximate surface area is 119 Å². The summed E-state index contributed by atoms with van der Waals surface area (Å²) in [7, 11) is 0. The molecule has 0 unspecified atom stereocenters. The van der Waals surface area contributed by atoms with Gasteiger partial charge in [-0.3, -0.25) is 0 Å². The largest absolute Gasteiger partial charge is 0.573 e. The zero-order valence-corrected chi connectivity index (χ0v) is 11.0. The van der Waals surface area contributed by atoms with Gasteiger partial charge in [-0.1, -0.05) is 12.1 Å². The van der Waals surface area contributed by atoms with E-state index in [2.05, 4.69) is 10.1 Å². The molecule has 21 heavy (non-hydrogen) atoms. The van der Waals surface area contributed by atoms with Gasteiger partial charge < -0.3 is 10.1 Å². The van der Waals surface area contributed by atoms with Crippen LogP contribution in [0.15, 0.2) is 42.5 Å². The maximum Gasteiger partial charge on any atom is 0.573 e. The zero-order valence-electron chi connectivity index (χ0n) is 11.0. The highest BCUT2D eigenvalue weighted by atomic mass is 19.4. The van der Waals surface area contributed by atoms with Crippen LogP contribution in [0.1, 0.15) is 11.1 Å². The number of nitrogens with one attached hydrogen (secondary N) is 1. The molecule has 0 saturated carbocycles. The van der Waals surface area contributed by atoms with Gasteiger partial charge in [0.2, 0.25) is 0 Å². The Bertz CT molecular complexity index is 690. The molecule has 0 aliphatic heterocycles. The predicted molar refractivity (Wildman–Crippen MR) is 72.3 cm³/mol. The quantitative estimate of drug-likeness (QED) is 0.905. The smallest absolute Gasteiger partial charge is 0.406 e. The van der Waals surface area contributed by atoms with Crippen molar-refractivity contribution in [1.82, 2.24) is 0 Å². The van der Waals surface area contributed by atoms with Crippen molar-refractivity contribution in [2.24, 2.45) is 0 Å². The first-order valence-corrected chi connectivity index (χ1v) is 6.01. The van der Waals surface area contributed by atoms with Crippen LogP contribution in [0.25, 0.3) is 0 Å². The molecule has 2 aromatic rings. The first kappa shape index (κ1) is 14.7. The van der Waals surface area contributed by atoms with E-state index in [1.807, 2.05) is 13.0 Å². The van der Waals surface area contributed by atoms with Gasteiger partial charge in [0.05, 0.1) is 11.3 Å². The van der Waals surface area contributed by atoms with E-state index in [9.17, 15) is 13.2 Å². The van der Waals surface area contributed by atoms with Gasteiger partial charge in [0.25, 0.3) is 0 Å². The third-order valence-corrected chi connectivity index (χ3v) is 2.64. The standard InChI is InChI=1S/C15H11F3N2O/c1-10-5-6-14(11(7-10)9-19)20-12-3-2-4-13(8-12)21-15(16,17)18/h2-8,20H,1H3. The van der Waals surface area contributed by atoms with Crippen LogP contribution in [0, 0.1) is 18.3 Å². The Morgan fingerprint density at radius 3 is 2.57 bits per heavy atom. The highest BCUT2D eigenvalue weighted by Gasteiger charge is 2.31. The van der Waals surface area contributed by atoms with Crippen LogP contribution in [-0.4, -0.2) is 6.36 Å². The molecule has 0 aliphatic carbocycles. The van der Waals surface area contributed by atoms with Crippen molar-refractivity contribution < 1.29 is 17.9 Å². The molecule has 6 heteroatoms. The molecule has 2 aromatic carbocycles. The van der Waals surface area contributed by atoms with Gasteiger partial charge in [0.15, 0.2) is 0 Å². The lowest BCUT2D eigenvalue weighted by Crippen LogP contribution is -2.17. The van der Waals surface area contributed by atoms with Crippen molar-refractivity contribution in [2.75, 3.05) is 5.32 Å². The minimum absolute atomic E-state index is 0.321. The molecule has 0 atom stereocenters. The van der Waals surface area contributed by atoms with Crippen LogP contribution in [0.3, 0.4) is 0 Å². The van der Waals surface area contributed by atoms with E-state index in [0.29, 0.717) is 16.9 Å². The molecule has 108 valence electrons. The highest BCUT2D eigenvalue weighted by Crippen LogP contribution is 2.27. The summed E-state index contributed by atoms with van der Waals surface area (Å²) in [5, 5.41) is 12.0. The second-order valence-electron chi connectivity index (χ2n) is 4.36. The number of rotatable bonds is 3. The second-order valence-corrected chi connectivity index (χ2v) is 4.36. The van der Waals surface area contributed by atoms with E-state index in [1.54, 1.807) is 24.3 Å². The molecule has 0 amide bonds. The molecular formula is C15H11F3N2O. The molecule has 0 aromatic heterocycles. The minimum atomic E-state index is -4.74. The number of ether oxygens (including phenoxy) is 1. The number of halogens is 3. The number of benzene rings is 2. The van der Waals surface area contributed by atoms with Crippen LogP contribution in [0.2, 0.25) is 0 Å². The lowest BCUT2D eigenvalue weighted by atomic mass is 10.1. The Kier molecular flexibility index (Phi) is 4.03. The molecule has 1 N–H and O–H groups in total. The summed E-state index contributed by atoms with van der Waals surface area (Å²) < 4.78 is 40.4. The molecule has 3 nitrogen and oxygen atoms in total. The van der Waals surface area contributed by atoms with Crippen molar-refractivity contribution in [1.29, 1.82) is 5.26 Å². The summed E-state index contributed by atoms with van der Waals surface area (Å²) in [5.74, 6) is -0.321. The van der Waals surface area contributed by atoms with Crippen molar-refractivity contribution in [3.63, 3.8) is 0 Å². The van der Waals surface area contributed by atoms with Gasteiger partial charge in [0.1, 0.15) is 11.8 Å². The maximum absolute atomic E-state index is 12.2. The summed E-state index contributed by atoms with van der Waals surface area (Å²) in [6.45, 7) is 1.85. The van der Waals surface area contributed by atoms with E-state index in [-0.39, 0.29) is 5.75 Å². The number of hydrogen-bond acceptors (Lipinski definition) is 3. The third kappa shape index (κ3) is 4.14. The molecule has 0 fully saturated rings. The van der Waals surface area contributed by atoms with Gasteiger partial charge in [-0.2, -0.15) is 5.26 Å². The molecular weight excluding hydrogens is 281 g/mol. The fraction of sp³-hybridized carbons (Fsp3) is 0.133. The van der Waals surface area contributed by atoms with Gasteiger partial charge in [-0.15, -0.1) is 13.2 Å². The van der Waals surface area contributed by atoms with Crippen molar-refractivity contribution in [2.45, 2.75) is 13.3 Å². The van der Waals surface area contributed by atoms with E-state index in [0.717, 1.165) is 5.56 Å². The number of alkyl halides is 3. The number of anilines is 2. The summed E-state index contributed by atoms with van der Waals surface area (Å²) >= 11 is 0. The molecule has 0 aliphatic rings. The van der Waals surface area contributed by atoms with Crippen molar-refractivity contribution >= 4 is 11.4 Å². The van der Waals surface area contributed by atoms with Crippen molar-refractivity contribution in [3.8, 4) is 11.8 Å². The van der Waals surface area contributed by atoms with E-state index >= 15 is 0 Å². The summed E-state index contributed by atoms with van der Waals surface area (Å²) in [4.78, 5) is 0. The normalized spacial score (nSPS) is 10.8. The SMILES string of the molecule is Cc1ccc(Nc2cccc(OC(F)(F)F)c2)c(C#N)c1. The van der Waals surface area contributed by atoms with Gasteiger partial charge in [0, 0.05) is 11.8 Å². The van der Waals surface area contributed by atoms with Crippen LogP contribution >= 0.6 is 0 Å². The zero-order chi connectivity index (χ0) is 15.5. The lowest BCUT2D eigenvalue weighted by Gasteiger charge is -2.12. The number of aryl methyl sites for hydroxylation is 1. The number of nitriles is 1. The minimum Gasteiger partial charge on any atom is -0.406 e. The first-order chi connectivity index (χ1) is 9.87. The summed E-state index contributed by atoms with van der Waals surface area (Å²) in [6, 6.07) is 12.7. The predicted octanol–water partition coefficient (Wildman–Crippen LogP) is 4.51. The number of nitrogens with zero attached hydrogens (tertiary/aromatic N) is 1. The molecule has 2 rings (SSSR count). The van der Waals surface area contributed by atoms with E-state index in [4.69, 9.17) is 5.26 Å². The Balaban J connectivity index is 2.25. The molecule has 0 spiro atoms. The van der Waals surface area contributed by atoms with Gasteiger partial charge in [-0.25, -0.2) is 0 Å². The average molecular weight is 292 g/mol. The Morgan fingerprint density at radius 2 is 1.90 bits per heavy atom. The second kappa shape index (κ2) is 5.75. The van der Waals surface area contributed by atoms with E-state index < -0.39 is 6.36 Å². The fourth-order valence-corrected chi connectivity index (χ4v) is 1.79. The van der Waals surface area contributed by atoms with Gasteiger partial charge in [-0.05, 0) is 36.8 Å². The third-order valence-electron chi connectivity index (χ3n) is 2.64. The lowest BCUT2D eigenvalue weighted by molar-refractivity contribution is -0.274. The van der Waals surface area contributed by atoms with Crippen LogP contribution in [0.5, 0.6) is 5.75 Å². The number of hydrogen-bond donors (Lipinski definition) is 1. The fourth-order valence-electron chi connectivity index (χ4n) is 1.79. The monoisotopic (exact) mass is 292 g/mol. The molecule has 0 radical (unpaired) electrons. The maximum atomic E-state index is 12.2. The summed E-state index contributed by atoms with van der Waals surface area (Å²) in [5.41, 5.74) is 2.26. The van der Waals surface area contributed by atoms with E-state index in [1.165, 1.54) is 18.2 Å². The molecule has 0 heterocycles. The van der Waals surface area contributed by atoms with Crippen LogP contribution in [0.4, 0.5) is 24.5 Å². The van der Waals surface area contributed by atoms with Crippen LogP contribution in [-0.2, 0) is 0 Å². The Morgan fingerprint density at radius 1 is 1.14 bits per heavy atom. The van der Waals surface area contributed by atoms with Crippen LogP contribution < -0.4 is 10.1 Å².